The van der Waals surface area contributed by atoms with Gasteiger partial charge in [-0.05, 0) is 43.7 Å². The van der Waals surface area contributed by atoms with Crippen molar-refractivity contribution < 1.29 is 5.11 Å². The fourth-order valence-corrected chi connectivity index (χ4v) is 1.74. The minimum atomic E-state index is 0.131. The smallest absolute Gasteiger partial charge is 0.0681 e. The number of rotatable bonds is 5. The van der Waals surface area contributed by atoms with Gasteiger partial charge in [0.05, 0.1) is 6.61 Å². The summed E-state index contributed by atoms with van der Waals surface area (Å²) in [5.74, 6) is 0.586. The van der Waals surface area contributed by atoms with Crippen LogP contribution in [0.25, 0.3) is 0 Å². The Bertz CT molecular complexity index is 331. The first-order valence-electron chi connectivity index (χ1n) is 5.96. The number of hydrogen-bond acceptors (Lipinski definition) is 1. The molecule has 1 aromatic rings. The highest BCUT2D eigenvalue weighted by Crippen LogP contribution is 2.21. The third-order valence-electron chi connectivity index (χ3n) is 2.88. The summed E-state index contributed by atoms with van der Waals surface area (Å²) < 4.78 is 0. The minimum absolute atomic E-state index is 0.131. The standard InChI is InChI=1S/C15H22O/c1-12(2)5-4-6-13(3)15-9-7-14(11-16)8-10-15/h5,7-10,13,16H,4,6,11H2,1-3H3. The largest absolute Gasteiger partial charge is 0.392 e. The molecule has 1 heteroatoms. The van der Waals surface area contributed by atoms with Gasteiger partial charge in [-0.1, -0.05) is 42.8 Å². The Morgan fingerprint density at radius 3 is 2.38 bits per heavy atom. The van der Waals surface area contributed by atoms with Crippen LogP contribution in [-0.4, -0.2) is 5.11 Å². The number of hydrogen-bond donors (Lipinski definition) is 1. The van der Waals surface area contributed by atoms with Gasteiger partial charge in [-0.25, -0.2) is 0 Å². The second kappa shape index (κ2) is 6.49. The normalized spacial score (nSPS) is 12.2. The molecule has 0 saturated heterocycles. The van der Waals surface area contributed by atoms with Crippen molar-refractivity contribution in [3.8, 4) is 0 Å². The molecule has 1 aromatic carbocycles. The highest BCUT2D eigenvalue weighted by atomic mass is 16.3. The first-order valence-corrected chi connectivity index (χ1v) is 5.96. The molecule has 1 atom stereocenters. The van der Waals surface area contributed by atoms with Gasteiger partial charge in [-0.15, -0.1) is 0 Å². The van der Waals surface area contributed by atoms with E-state index in [1.807, 2.05) is 12.1 Å². The fourth-order valence-electron chi connectivity index (χ4n) is 1.74. The highest BCUT2D eigenvalue weighted by molar-refractivity contribution is 5.24. The molecule has 1 nitrogen and oxygen atoms in total. The Morgan fingerprint density at radius 2 is 1.88 bits per heavy atom. The van der Waals surface area contributed by atoms with Crippen LogP contribution in [-0.2, 0) is 6.61 Å². The molecule has 0 aliphatic carbocycles. The van der Waals surface area contributed by atoms with Crippen molar-refractivity contribution in [3.63, 3.8) is 0 Å². The summed E-state index contributed by atoms with van der Waals surface area (Å²) in [5, 5.41) is 8.96. The van der Waals surface area contributed by atoms with Crippen molar-refractivity contribution in [2.45, 2.75) is 46.1 Å². The van der Waals surface area contributed by atoms with E-state index in [2.05, 4.69) is 39.0 Å². The molecule has 0 fully saturated rings. The second-order valence-corrected chi connectivity index (χ2v) is 4.66. The van der Waals surface area contributed by atoms with Gasteiger partial charge in [0, 0.05) is 0 Å². The van der Waals surface area contributed by atoms with Crippen molar-refractivity contribution in [1.82, 2.24) is 0 Å². The Kier molecular flexibility index (Phi) is 5.27. The maximum absolute atomic E-state index is 8.96. The molecule has 0 radical (unpaired) electrons. The van der Waals surface area contributed by atoms with E-state index in [9.17, 15) is 0 Å². The molecule has 0 aliphatic heterocycles. The number of benzene rings is 1. The van der Waals surface area contributed by atoms with Crippen molar-refractivity contribution in [2.24, 2.45) is 0 Å². The summed E-state index contributed by atoms with van der Waals surface area (Å²) in [4.78, 5) is 0. The summed E-state index contributed by atoms with van der Waals surface area (Å²) in [6.45, 7) is 6.67. The molecule has 1 unspecified atom stereocenters. The van der Waals surface area contributed by atoms with Crippen LogP contribution < -0.4 is 0 Å². The monoisotopic (exact) mass is 218 g/mol. The average molecular weight is 218 g/mol. The van der Waals surface area contributed by atoms with Gasteiger partial charge >= 0.3 is 0 Å². The molecule has 1 N–H and O–H groups in total. The van der Waals surface area contributed by atoms with E-state index >= 15 is 0 Å². The van der Waals surface area contributed by atoms with Crippen LogP contribution >= 0.6 is 0 Å². The molecule has 0 saturated carbocycles. The van der Waals surface area contributed by atoms with E-state index in [-0.39, 0.29) is 6.61 Å². The summed E-state index contributed by atoms with van der Waals surface area (Å²) in [7, 11) is 0. The molecule has 0 spiro atoms. The van der Waals surface area contributed by atoms with Crippen LogP contribution in [0.15, 0.2) is 35.9 Å². The van der Waals surface area contributed by atoms with Crippen molar-refractivity contribution in [1.29, 1.82) is 0 Å². The molecule has 0 aliphatic rings. The van der Waals surface area contributed by atoms with E-state index in [0.29, 0.717) is 5.92 Å². The predicted molar refractivity (Wildman–Crippen MR) is 69.4 cm³/mol. The topological polar surface area (TPSA) is 20.2 Å². The fraction of sp³-hybridized carbons (Fsp3) is 0.467. The minimum Gasteiger partial charge on any atom is -0.392 e. The molecular formula is C15H22O. The number of aliphatic hydroxyl groups is 1. The third-order valence-corrected chi connectivity index (χ3v) is 2.88. The van der Waals surface area contributed by atoms with Gasteiger partial charge in [0.1, 0.15) is 0 Å². The van der Waals surface area contributed by atoms with Crippen molar-refractivity contribution >= 4 is 0 Å². The van der Waals surface area contributed by atoms with E-state index in [4.69, 9.17) is 5.11 Å². The second-order valence-electron chi connectivity index (χ2n) is 4.66. The zero-order valence-electron chi connectivity index (χ0n) is 10.5. The number of aliphatic hydroxyl groups excluding tert-OH is 1. The lowest BCUT2D eigenvalue weighted by atomic mass is 9.95. The van der Waals surface area contributed by atoms with E-state index < -0.39 is 0 Å². The maximum atomic E-state index is 8.96. The predicted octanol–water partition coefficient (Wildman–Crippen LogP) is 4.03. The van der Waals surface area contributed by atoms with Crippen molar-refractivity contribution in [2.75, 3.05) is 0 Å². The van der Waals surface area contributed by atoms with Gasteiger partial charge in [-0.2, -0.15) is 0 Å². The molecule has 1 rings (SSSR count). The lowest BCUT2D eigenvalue weighted by molar-refractivity contribution is 0.282. The highest BCUT2D eigenvalue weighted by Gasteiger charge is 2.04. The average Bonchev–Trinajstić information content (AvgIpc) is 2.28. The van der Waals surface area contributed by atoms with E-state index in [0.717, 1.165) is 12.0 Å². The molecule has 88 valence electrons. The van der Waals surface area contributed by atoms with E-state index in [1.54, 1.807) is 0 Å². The zero-order valence-corrected chi connectivity index (χ0v) is 10.5. The lowest BCUT2D eigenvalue weighted by Crippen LogP contribution is -1.93. The zero-order chi connectivity index (χ0) is 12.0. The van der Waals surface area contributed by atoms with Crippen LogP contribution in [0.2, 0.25) is 0 Å². The summed E-state index contributed by atoms with van der Waals surface area (Å²) in [5.41, 5.74) is 3.74. The molecule has 0 aromatic heterocycles. The summed E-state index contributed by atoms with van der Waals surface area (Å²) >= 11 is 0. The Morgan fingerprint density at radius 1 is 1.25 bits per heavy atom. The molecular weight excluding hydrogens is 196 g/mol. The van der Waals surface area contributed by atoms with Gasteiger partial charge in [-0.3, -0.25) is 0 Å². The van der Waals surface area contributed by atoms with Gasteiger partial charge in [0.2, 0.25) is 0 Å². The van der Waals surface area contributed by atoms with Crippen LogP contribution in [0.4, 0.5) is 0 Å². The SMILES string of the molecule is CC(C)=CCCC(C)c1ccc(CO)cc1. The first-order chi connectivity index (χ1) is 7.63. The van der Waals surface area contributed by atoms with Crippen molar-refractivity contribution in [3.05, 3.63) is 47.0 Å². The van der Waals surface area contributed by atoms with Crippen LogP contribution in [0.5, 0.6) is 0 Å². The Balaban J connectivity index is 2.52. The van der Waals surface area contributed by atoms with Gasteiger partial charge in [0.25, 0.3) is 0 Å². The first kappa shape index (κ1) is 13.0. The van der Waals surface area contributed by atoms with E-state index in [1.165, 1.54) is 17.6 Å². The molecule has 0 bridgehead atoms. The Hall–Kier alpha value is -1.08. The van der Waals surface area contributed by atoms with Crippen LogP contribution in [0, 0.1) is 0 Å². The quantitative estimate of drug-likeness (QED) is 0.740. The number of allylic oxidation sites excluding steroid dienone is 2. The molecule has 0 amide bonds. The lowest BCUT2D eigenvalue weighted by Gasteiger charge is -2.11. The van der Waals surface area contributed by atoms with Crippen LogP contribution in [0.3, 0.4) is 0 Å². The van der Waals surface area contributed by atoms with Gasteiger partial charge < -0.3 is 5.11 Å². The summed E-state index contributed by atoms with van der Waals surface area (Å²) in [6.07, 6.45) is 4.62. The molecule has 16 heavy (non-hydrogen) atoms. The van der Waals surface area contributed by atoms with Gasteiger partial charge in [0.15, 0.2) is 0 Å². The maximum Gasteiger partial charge on any atom is 0.0681 e. The van der Waals surface area contributed by atoms with Crippen LogP contribution in [0.1, 0.15) is 50.7 Å². The third kappa shape index (κ3) is 4.19. The Labute approximate surface area is 98.8 Å². The molecule has 0 heterocycles. The summed E-state index contributed by atoms with van der Waals surface area (Å²) in [6, 6.07) is 8.26.